The highest BCUT2D eigenvalue weighted by Crippen LogP contribution is 2.18. The lowest BCUT2D eigenvalue weighted by Gasteiger charge is -2.12. The molecule has 0 aliphatic carbocycles. The fraction of sp³-hybridized carbons (Fsp3) is 0.500. The Bertz CT molecular complexity index is 313. The first-order valence-corrected chi connectivity index (χ1v) is 5.74. The standard InChI is InChI=1S/C14H21N/c1-5-11(2)12(3)15-13(4)14-9-7-6-8-10-14/h6-11,13H,5H2,1-4H3. The Morgan fingerprint density at radius 1 is 1.20 bits per heavy atom. The van der Waals surface area contributed by atoms with Gasteiger partial charge in [-0.3, -0.25) is 4.99 Å². The molecule has 15 heavy (non-hydrogen) atoms. The molecule has 82 valence electrons. The topological polar surface area (TPSA) is 12.4 Å². The van der Waals surface area contributed by atoms with E-state index in [1.54, 1.807) is 0 Å². The second-order valence-electron chi connectivity index (χ2n) is 4.17. The molecule has 1 nitrogen and oxygen atoms in total. The minimum atomic E-state index is 0.278. The van der Waals surface area contributed by atoms with Gasteiger partial charge in [0.15, 0.2) is 0 Å². The number of rotatable bonds is 4. The summed E-state index contributed by atoms with van der Waals surface area (Å²) in [5, 5.41) is 0. The van der Waals surface area contributed by atoms with Crippen LogP contribution in [0.15, 0.2) is 35.3 Å². The van der Waals surface area contributed by atoms with E-state index in [4.69, 9.17) is 4.99 Å². The van der Waals surface area contributed by atoms with Gasteiger partial charge in [0, 0.05) is 5.71 Å². The number of benzene rings is 1. The zero-order valence-electron chi connectivity index (χ0n) is 10.2. The summed E-state index contributed by atoms with van der Waals surface area (Å²) in [6.45, 7) is 8.72. The SMILES string of the molecule is CCC(C)C(C)=NC(C)c1ccccc1. The molecular weight excluding hydrogens is 182 g/mol. The van der Waals surface area contributed by atoms with E-state index in [2.05, 4.69) is 52.0 Å². The maximum atomic E-state index is 4.73. The summed E-state index contributed by atoms with van der Waals surface area (Å²) in [6, 6.07) is 10.7. The van der Waals surface area contributed by atoms with E-state index in [1.807, 2.05) is 6.07 Å². The molecule has 0 saturated carbocycles. The molecule has 0 aromatic heterocycles. The van der Waals surface area contributed by atoms with Gasteiger partial charge in [0.1, 0.15) is 0 Å². The van der Waals surface area contributed by atoms with Crippen molar-refractivity contribution in [3.8, 4) is 0 Å². The lowest BCUT2D eigenvalue weighted by molar-refractivity contribution is 0.713. The lowest BCUT2D eigenvalue weighted by atomic mass is 10.0. The predicted molar refractivity (Wildman–Crippen MR) is 67.4 cm³/mol. The molecule has 0 aliphatic heterocycles. The normalized spacial score (nSPS) is 16.1. The van der Waals surface area contributed by atoms with Crippen LogP contribution in [0.2, 0.25) is 0 Å². The van der Waals surface area contributed by atoms with Gasteiger partial charge >= 0.3 is 0 Å². The van der Waals surface area contributed by atoms with Crippen LogP contribution < -0.4 is 0 Å². The smallest absolute Gasteiger partial charge is 0.0720 e. The van der Waals surface area contributed by atoms with Crippen LogP contribution in [0.3, 0.4) is 0 Å². The van der Waals surface area contributed by atoms with Gasteiger partial charge in [-0.25, -0.2) is 0 Å². The summed E-state index contributed by atoms with van der Waals surface area (Å²) in [6.07, 6.45) is 1.16. The first kappa shape index (κ1) is 12.0. The fourth-order valence-corrected chi connectivity index (χ4v) is 1.53. The van der Waals surface area contributed by atoms with Gasteiger partial charge in [0.05, 0.1) is 6.04 Å². The molecule has 2 atom stereocenters. The van der Waals surface area contributed by atoms with Gasteiger partial charge in [-0.1, -0.05) is 44.2 Å². The second kappa shape index (κ2) is 5.69. The largest absolute Gasteiger partial charge is 0.286 e. The molecular formula is C14H21N. The summed E-state index contributed by atoms with van der Waals surface area (Å²) in [4.78, 5) is 4.73. The lowest BCUT2D eigenvalue weighted by Crippen LogP contribution is -2.07. The summed E-state index contributed by atoms with van der Waals surface area (Å²) < 4.78 is 0. The molecule has 0 bridgehead atoms. The molecule has 0 amide bonds. The van der Waals surface area contributed by atoms with E-state index in [0.29, 0.717) is 5.92 Å². The van der Waals surface area contributed by atoms with Crippen molar-refractivity contribution >= 4 is 5.71 Å². The Balaban J connectivity index is 2.74. The number of nitrogens with zero attached hydrogens (tertiary/aromatic N) is 1. The van der Waals surface area contributed by atoms with Gasteiger partial charge in [-0.2, -0.15) is 0 Å². The zero-order valence-corrected chi connectivity index (χ0v) is 10.2. The molecule has 0 radical (unpaired) electrons. The summed E-state index contributed by atoms with van der Waals surface area (Å²) in [7, 11) is 0. The third-order valence-corrected chi connectivity index (χ3v) is 3.00. The molecule has 0 saturated heterocycles. The average Bonchev–Trinajstić information content (AvgIpc) is 2.29. The van der Waals surface area contributed by atoms with Crippen LogP contribution in [-0.2, 0) is 0 Å². The summed E-state index contributed by atoms with van der Waals surface area (Å²) >= 11 is 0. The van der Waals surface area contributed by atoms with Gasteiger partial charge < -0.3 is 0 Å². The minimum Gasteiger partial charge on any atom is -0.286 e. The van der Waals surface area contributed by atoms with Crippen molar-refractivity contribution in [3.05, 3.63) is 35.9 Å². The van der Waals surface area contributed by atoms with E-state index in [-0.39, 0.29) is 6.04 Å². The fourth-order valence-electron chi connectivity index (χ4n) is 1.53. The van der Waals surface area contributed by atoms with Crippen LogP contribution in [0.5, 0.6) is 0 Å². The molecule has 1 aromatic rings. The molecule has 2 unspecified atom stereocenters. The Labute approximate surface area is 93.2 Å². The van der Waals surface area contributed by atoms with Crippen molar-refractivity contribution in [2.24, 2.45) is 10.9 Å². The maximum absolute atomic E-state index is 4.73. The number of hydrogen-bond donors (Lipinski definition) is 0. The third-order valence-electron chi connectivity index (χ3n) is 3.00. The highest BCUT2D eigenvalue weighted by Gasteiger charge is 2.06. The Morgan fingerprint density at radius 3 is 2.33 bits per heavy atom. The highest BCUT2D eigenvalue weighted by molar-refractivity contribution is 5.84. The summed E-state index contributed by atoms with van der Waals surface area (Å²) in [5.74, 6) is 0.594. The molecule has 0 heterocycles. The van der Waals surface area contributed by atoms with Gasteiger partial charge in [-0.05, 0) is 31.7 Å². The Morgan fingerprint density at radius 2 is 1.80 bits per heavy atom. The van der Waals surface area contributed by atoms with Crippen LogP contribution >= 0.6 is 0 Å². The second-order valence-corrected chi connectivity index (χ2v) is 4.17. The molecule has 1 rings (SSSR count). The van der Waals surface area contributed by atoms with Crippen molar-refractivity contribution in [3.63, 3.8) is 0 Å². The van der Waals surface area contributed by atoms with E-state index < -0.39 is 0 Å². The van der Waals surface area contributed by atoms with E-state index >= 15 is 0 Å². The van der Waals surface area contributed by atoms with E-state index in [1.165, 1.54) is 11.3 Å². The number of aliphatic imine (C=N–C) groups is 1. The third kappa shape index (κ3) is 3.50. The average molecular weight is 203 g/mol. The van der Waals surface area contributed by atoms with Gasteiger partial charge in [0.25, 0.3) is 0 Å². The van der Waals surface area contributed by atoms with E-state index in [0.717, 1.165) is 6.42 Å². The quantitative estimate of drug-likeness (QED) is 0.648. The maximum Gasteiger partial charge on any atom is 0.0720 e. The Kier molecular flexibility index (Phi) is 4.54. The van der Waals surface area contributed by atoms with Crippen LogP contribution in [0.4, 0.5) is 0 Å². The predicted octanol–water partition coefficient (Wildman–Crippen LogP) is 4.25. The molecule has 0 N–H and O–H groups in total. The molecule has 0 spiro atoms. The first-order chi connectivity index (χ1) is 7.15. The van der Waals surface area contributed by atoms with Crippen molar-refractivity contribution in [2.45, 2.75) is 40.2 Å². The van der Waals surface area contributed by atoms with Crippen LogP contribution in [0, 0.1) is 5.92 Å². The van der Waals surface area contributed by atoms with Crippen LogP contribution in [0.1, 0.15) is 45.7 Å². The van der Waals surface area contributed by atoms with Crippen molar-refractivity contribution in [1.29, 1.82) is 0 Å². The highest BCUT2D eigenvalue weighted by atomic mass is 14.8. The van der Waals surface area contributed by atoms with Gasteiger partial charge in [0.2, 0.25) is 0 Å². The number of hydrogen-bond acceptors (Lipinski definition) is 1. The summed E-state index contributed by atoms with van der Waals surface area (Å²) in [5.41, 5.74) is 2.55. The van der Waals surface area contributed by atoms with Crippen molar-refractivity contribution < 1.29 is 0 Å². The van der Waals surface area contributed by atoms with E-state index in [9.17, 15) is 0 Å². The molecule has 0 aliphatic rings. The van der Waals surface area contributed by atoms with Gasteiger partial charge in [-0.15, -0.1) is 0 Å². The zero-order chi connectivity index (χ0) is 11.3. The Hall–Kier alpha value is -1.11. The monoisotopic (exact) mass is 203 g/mol. The van der Waals surface area contributed by atoms with Crippen LogP contribution in [-0.4, -0.2) is 5.71 Å². The molecule has 1 heteroatoms. The molecule has 1 aromatic carbocycles. The molecule has 0 fully saturated rings. The van der Waals surface area contributed by atoms with Crippen molar-refractivity contribution in [1.82, 2.24) is 0 Å². The minimum absolute atomic E-state index is 0.278. The van der Waals surface area contributed by atoms with Crippen LogP contribution in [0.25, 0.3) is 0 Å². The van der Waals surface area contributed by atoms with Crippen molar-refractivity contribution in [2.75, 3.05) is 0 Å². The first-order valence-electron chi connectivity index (χ1n) is 5.74.